The van der Waals surface area contributed by atoms with E-state index >= 15 is 0 Å². The highest BCUT2D eigenvalue weighted by Gasteiger charge is 2.09. The number of benzene rings is 2. The lowest BCUT2D eigenvalue weighted by Gasteiger charge is -1.97. The van der Waals surface area contributed by atoms with Crippen LogP contribution in [-0.2, 0) is 4.79 Å². The van der Waals surface area contributed by atoms with Crippen LogP contribution in [0.15, 0.2) is 54.6 Å². The van der Waals surface area contributed by atoms with Gasteiger partial charge in [-0.1, -0.05) is 53.5 Å². The van der Waals surface area contributed by atoms with E-state index < -0.39 is 7.12 Å². The van der Waals surface area contributed by atoms with Crippen LogP contribution in [0.3, 0.4) is 0 Å². The van der Waals surface area contributed by atoms with Crippen molar-refractivity contribution in [1.29, 1.82) is 0 Å². The largest absolute Gasteiger partial charge is 0.488 e. The van der Waals surface area contributed by atoms with Crippen LogP contribution in [0, 0.1) is 0 Å². The fourth-order valence-corrected chi connectivity index (χ4v) is 1.83. The molecule has 0 fully saturated rings. The van der Waals surface area contributed by atoms with Crippen LogP contribution in [0.2, 0.25) is 10.0 Å². The van der Waals surface area contributed by atoms with Crippen molar-refractivity contribution in [2.24, 2.45) is 0 Å². The molecule has 0 bridgehead atoms. The molecule has 2 N–H and O–H groups in total. The summed E-state index contributed by atoms with van der Waals surface area (Å²) >= 11 is 11.3. The second-order valence-corrected chi connectivity index (χ2v) is 4.85. The second-order valence-electron chi connectivity index (χ2n) is 3.98. The van der Waals surface area contributed by atoms with E-state index in [1.54, 1.807) is 36.4 Å². The van der Waals surface area contributed by atoms with E-state index in [1.165, 1.54) is 12.1 Å². The number of carbonyl (C=O) groups is 1. The maximum atomic E-state index is 9.94. The van der Waals surface area contributed by atoms with Crippen LogP contribution in [0.4, 0.5) is 0 Å². The summed E-state index contributed by atoms with van der Waals surface area (Å²) in [7, 11) is -1.43. The number of halogens is 2. The van der Waals surface area contributed by atoms with Crippen LogP contribution in [0.25, 0.3) is 6.08 Å². The molecule has 6 heteroatoms. The Balaban J connectivity index is 0.000000211. The first-order valence-corrected chi connectivity index (χ1v) is 6.77. The minimum absolute atomic E-state index is 0.410. The van der Waals surface area contributed by atoms with Gasteiger partial charge >= 0.3 is 7.12 Å². The topological polar surface area (TPSA) is 57.5 Å². The Morgan fingerprint density at radius 2 is 1.57 bits per heavy atom. The van der Waals surface area contributed by atoms with Gasteiger partial charge < -0.3 is 10.0 Å². The zero-order chi connectivity index (χ0) is 15.7. The van der Waals surface area contributed by atoms with Gasteiger partial charge in [0.2, 0.25) is 0 Å². The fourth-order valence-electron chi connectivity index (χ4n) is 1.43. The third-order valence-electron chi connectivity index (χ3n) is 2.36. The van der Waals surface area contributed by atoms with E-state index in [9.17, 15) is 4.79 Å². The average Bonchev–Trinajstić information content (AvgIpc) is 2.46. The summed E-state index contributed by atoms with van der Waals surface area (Å²) in [6, 6.07) is 13.7. The summed E-state index contributed by atoms with van der Waals surface area (Å²) < 4.78 is 0. The Morgan fingerprint density at radius 3 is 2.05 bits per heavy atom. The van der Waals surface area contributed by atoms with E-state index in [0.29, 0.717) is 15.5 Å². The Bertz CT molecular complexity index is 615. The molecule has 0 heterocycles. The van der Waals surface area contributed by atoms with E-state index in [4.69, 9.17) is 33.2 Å². The normalized spacial score (nSPS) is 9.90. The Hall–Kier alpha value is -1.59. The van der Waals surface area contributed by atoms with Gasteiger partial charge in [-0.25, -0.2) is 0 Å². The van der Waals surface area contributed by atoms with Gasteiger partial charge in [0, 0.05) is 10.0 Å². The first kappa shape index (κ1) is 17.5. The Kier molecular flexibility index (Phi) is 7.79. The molecule has 108 valence electrons. The molecule has 0 aliphatic carbocycles. The van der Waals surface area contributed by atoms with Crippen molar-refractivity contribution in [2.45, 2.75) is 0 Å². The average molecular weight is 323 g/mol. The summed E-state index contributed by atoms with van der Waals surface area (Å²) in [5, 5.41) is 18.5. The Morgan fingerprint density at radius 1 is 0.952 bits per heavy atom. The molecule has 0 saturated carbocycles. The summed E-state index contributed by atoms with van der Waals surface area (Å²) in [5.74, 6) is 0. The fraction of sp³-hybridized carbons (Fsp3) is 0. The molecule has 0 saturated heterocycles. The van der Waals surface area contributed by atoms with E-state index in [-0.39, 0.29) is 0 Å². The summed E-state index contributed by atoms with van der Waals surface area (Å²) in [5.41, 5.74) is 1.34. The molecule has 0 atom stereocenters. The number of allylic oxidation sites excluding steroid dienone is 1. The van der Waals surface area contributed by atoms with Gasteiger partial charge in [0.1, 0.15) is 6.29 Å². The molecule has 3 nitrogen and oxygen atoms in total. The predicted molar refractivity (Wildman–Crippen MR) is 87.8 cm³/mol. The highest BCUT2D eigenvalue weighted by atomic mass is 35.5. The van der Waals surface area contributed by atoms with Gasteiger partial charge in [0.05, 0.1) is 0 Å². The van der Waals surface area contributed by atoms with E-state index in [2.05, 4.69) is 0 Å². The molecule has 2 aromatic carbocycles. The molecule has 0 radical (unpaired) electrons. The lowest BCUT2D eigenvalue weighted by atomic mass is 9.81. The quantitative estimate of drug-likeness (QED) is 0.519. The van der Waals surface area contributed by atoms with E-state index in [0.717, 1.165) is 11.8 Å². The zero-order valence-electron chi connectivity index (χ0n) is 11.0. The molecule has 0 aliphatic heterocycles. The van der Waals surface area contributed by atoms with Crippen molar-refractivity contribution in [1.82, 2.24) is 0 Å². The number of rotatable bonds is 3. The Labute approximate surface area is 133 Å². The maximum Gasteiger partial charge on any atom is 0.488 e. The highest BCUT2D eigenvalue weighted by molar-refractivity contribution is 6.59. The third-order valence-corrected chi connectivity index (χ3v) is 2.83. The number of hydrogen-bond acceptors (Lipinski definition) is 3. The molecule has 21 heavy (non-hydrogen) atoms. The van der Waals surface area contributed by atoms with Crippen LogP contribution in [-0.4, -0.2) is 23.5 Å². The van der Waals surface area contributed by atoms with Gasteiger partial charge in [-0.05, 0) is 41.4 Å². The molecule has 0 amide bonds. The van der Waals surface area contributed by atoms with Gasteiger partial charge in [-0.2, -0.15) is 0 Å². The van der Waals surface area contributed by atoms with Gasteiger partial charge in [0.25, 0.3) is 0 Å². The number of hydrogen-bond donors (Lipinski definition) is 2. The van der Waals surface area contributed by atoms with Crippen molar-refractivity contribution in [3.63, 3.8) is 0 Å². The molecule has 0 aliphatic rings. The molecule has 0 aromatic heterocycles. The number of carbonyl (C=O) groups excluding carboxylic acids is 1. The lowest BCUT2D eigenvalue weighted by Crippen LogP contribution is -2.29. The van der Waals surface area contributed by atoms with Crippen LogP contribution < -0.4 is 5.46 Å². The summed E-state index contributed by atoms with van der Waals surface area (Å²) in [6.07, 6.45) is 3.88. The third kappa shape index (κ3) is 7.11. The molecular formula is C15H13BCl2O3. The molecule has 0 unspecified atom stereocenters. The highest BCUT2D eigenvalue weighted by Crippen LogP contribution is 2.11. The van der Waals surface area contributed by atoms with Crippen molar-refractivity contribution < 1.29 is 14.8 Å². The minimum Gasteiger partial charge on any atom is -0.423 e. The van der Waals surface area contributed by atoms with Crippen molar-refractivity contribution in [3.8, 4) is 0 Å². The smallest absolute Gasteiger partial charge is 0.423 e. The molecule has 0 spiro atoms. The zero-order valence-corrected chi connectivity index (χ0v) is 12.5. The summed E-state index contributed by atoms with van der Waals surface area (Å²) in [6.45, 7) is 0. The predicted octanol–water partition coefficient (Wildman–Crippen LogP) is 2.57. The minimum atomic E-state index is -1.43. The van der Waals surface area contributed by atoms with Crippen LogP contribution in [0.1, 0.15) is 5.56 Å². The monoisotopic (exact) mass is 322 g/mol. The van der Waals surface area contributed by atoms with Gasteiger partial charge in [-0.3, -0.25) is 4.79 Å². The van der Waals surface area contributed by atoms with Crippen LogP contribution in [0.5, 0.6) is 0 Å². The molecule has 2 aromatic rings. The van der Waals surface area contributed by atoms with Crippen LogP contribution >= 0.6 is 23.2 Å². The SMILES string of the molecule is O=C/C=C/c1cccc(Cl)c1.OB(O)c1cccc(Cl)c1. The van der Waals surface area contributed by atoms with Crippen molar-refractivity contribution in [3.05, 3.63) is 70.2 Å². The molecular weight excluding hydrogens is 310 g/mol. The second kappa shape index (κ2) is 9.37. The van der Waals surface area contributed by atoms with Gasteiger partial charge in [0.15, 0.2) is 0 Å². The van der Waals surface area contributed by atoms with Gasteiger partial charge in [-0.15, -0.1) is 0 Å². The maximum absolute atomic E-state index is 9.94. The number of aldehydes is 1. The molecule has 2 rings (SSSR count). The summed E-state index contributed by atoms with van der Waals surface area (Å²) in [4.78, 5) is 9.94. The van der Waals surface area contributed by atoms with Crippen molar-refractivity contribution in [2.75, 3.05) is 0 Å². The van der Waals surface area contributed by atoms with Crippen molar-refractivity contribution >= 4 is 48.1 Å². The lowest BCUT2D eigenvalue weighted by molar-refractivity contribution is -0.104. The first-order valence-electron chi connectivity index (χ1n) is 6.02. The first-order chi connectivity index (χ1) is 10.0. The van der Waals surface area contributed by atoms with E-state index in [1.807, 2.05) is 12.1 Å². The standard InChI is InChI=1S/C9H7ClO.C6H6BClO2/c10-9-5-1-3-8(7-9)4-2-6-11;8-6-3-1-2-5(4-6)7(9)10/h1-7H;1-4,9-10H/b4-2+;.